The quantitative estimate of drug-likeness (QED) is 0.611. The SMILES string of the molecule is COC(=O)C(Cc1c(Br)c(C)nn1C)C(=O)OC. The molecule has 0 aliphatic heterocycles. The number of rotatable bonds is 4. The zero-order valence-corrected chi connectivity index (χ0v) is 12.3. The highest BCUT2D eigenvalue weighted by Crippen LogP contribution is 2.23. The molecular formula is C11H15BrN2O4. The van der Waals surface area contributed by atoms with Gasteiger partial charge in [0.2, 0.25) is 0 Å². The number of aryl methyl sites for hydroxylation is 2. The minimum atomic E-state index is -0.980. The minimum absolute atomic E-state index is 0.178. The summed E-state index contributed by atoms with van der Waals surface area (Å²) in [5.74, 6) is -2.22. The molecule has 0 saturated heterocycles. The van der Waals surface area contributed by atoms with Crippen LogP contribution in [-0.2, 0) is 32.5 Å². The van der Waals surface area contributed by atoms with E-state index in [2.05, 4.69) is 30.5 Å². The van der Waals surface area contributed by atoms with Crippen molar-refractivity contribution in [2.24, 2.45) is 13.0 Å². The predicted molar refractivity (Wildman–Crippen MR) is 66.9 cm³/mol. The molecule has 0 unspecified atom stereocenters. The predicted octanol–water partition coefficient (Wildman–Crippen LogP) is 0.996. The molecule has 100 valence electrons. The van der Waals surface area contributed by atoms with Gasteiger partial charge in [-0.25, -0.2) is 0 Å². The van der Waals surface area contributed by atoms with E-state index in [-0.39, 0.29) is 6.42 Å². The molecule has 0 bridgehead atoms. The van der Waals surface area contributed by atoms with Crippen molar-refractivity contribution in [2.75, 3.05) is 14.2 Å². The van der Waals surface area contributed by atoms with Gasteiger partial charge in [0.15, 0.2) is 5.92 Å². The molecule has 7 heteroatoms. The van der Waals surface area contributed by atoms with Gasteiger partial charge >= 0.3 is 11.9 Å². The Bertz CT molecular complexity index is 454. The van der Waals surface area contributed by atoms with Crippen LogP contribution in [0.2, 0.25) is 0 Å². The first kappa shape index (κ1) is 14.7. The molecule has 1 aromatic heterocycles. The van der Waals surface area contributed by atoms with Crippen molar-refractivity contribution in [2.45, 2.75) is 13.3 Å². The normalized spacial score (nSPS) is 10.6. The van der Waals surface area contributed by atoms with E-state index in [1.165, 1.54) is 14.2 Å². The number of aromatic nitrogens is 2. The van der Waals surface area contributed by atoms with Crippen molar-refractivity contribution < 1.29 is 19.1 Å². The summed E-state index contributed by atoms with van der Waals surface area (Å²) >= 11 is 3.38. The summed E-state index contributed by atoms with van der Waals surface area (Å²) in [5, 5.41) is 4.20. The lowest BCUT2D eigenvalue weighted by Gasteiger charge is -2.12. The van der Waals surface area contributed by atoms with Gasteiger partial charge in [-0.3, -0.25) is 14.3 Å². The van der Waals surface area contributed by atoms with Crippen molar-refractivity contribution in [3.63, 3.8) is 0 Å². The van der Waals surface area contributed by atoms with Gasteiger partial charge in [0.1, 0.15) is 0 Å². The van der Waals surface area contributed by atoms with E-state index in [1.54, 1.807) is 11.7 Å². The van der Waals surface area contributed by atoms with E-state index in [0.717, 1.165) is 15.9 Å². The second-order valence-electron chi connectivity index (χ2n) is 3.77. The molecule has 0 N–H and O–H groups in total. The van der Waals surface area contributed by atoms with E-state index in [0.29, 0.717) is 0 Å². The Kier molecular flexibility index (Phi) is 4.89. The molecule has 0 amide bonds. The Morgan fingerprint density at radius 3 is 2.17 bits per heavy atom. The summed E-state index contributed by atoms with van der Waals surface area (Å²) in [6.45, 7) is 1.83. The Morgan fingerprint density at radius 2 is 1.83 bits per heavy atom. The summed E-state index contributed by atoms with van der Waals surface area (Å²) in [6, 6.07) is 0. The maximum atomic E-state index is 11.6. The monoisotopic (exact) mass is 318 g/mol. The third kappa shape index (κ3) is 2.90. The number of nitrogens with zero attached hydrogens (tertiary/aromatic N) is 2. The maximum Gasteiger partial charge on any atom is 0.320 e. The number of hydrogen-bond acceptors (Lipinski definition) is 5. The van der Waals surface area contributed by atoms with Crippen LogP contribution in [0.15, 0.2) is 4.47 Å². The lowest BCUT2D eigenvalue weighted by atomic mass is 10.0. The molecule has 0 saturated carbocycles. The van der Waals surface area contributed by atoms with Crippen molar-refractivity contribution in [3.05, 3.63) is 15.9 Å². The number of carbonyl (C=O) groups is 2. The molecule has 0 aromatic carbocycles. The van der Waals surface area contributed by atoms with Crippen LogP contribution in [0, 0.1) is 12.8 Å². The molecule has 0 aliphatic carbocycles. The van der Waals surface area contributed by atoms with E-state index < -0.39 is 17.9 Å². The number of ether oxygens (including phenoxy) is 2. The van der Waals surface area contributed by atoms with Gasteiger partial charge < -0.3 is 9.47 Å². The van der Waals surface area contributed by atoms with Gasteiger partial charge in [0.25, 0.3) is 0 Å². The lowest BCUT2D eigenvalue weighted by molar-refractivity contribution is -0.158. The van der Waals surface area contributed by atoms with Crippen LogP contribution in [0.4, 0.5) is 0 Å². The fraction of sp³-hybridized carbons (Fsp3) is 0.545. The van der Waals surface area contributed by atoms with Crippen LogP contribution in [0.1, 0.15) is 11.4 Å². The zero-order valence-electron chi connectivity index (χ0n) is 10.7. The topological polar surface area (TPSA) is 70.4 Å². The van der Waals surface area contributed by atoms with Crippen LogP contribution in [0.5, 0.6) is 0 Å². The molecule has 6 nitrogen and oxygen atoms in total. The highest BCUT2D eigenvalue weighted by atomic mass is 79.9. The molecule has 18 heavy (non-hydrogen) atoms. The molecule has 1 rings (SSSR count). The fourth-order valence-electron chi connectivity index (χ4n) is 1.64. The fourth-order valence-corrected chi connectivity index (χ4v) is 2.14. The van der Waals surface area contributed by atoms with Crippen LogP contribution in [0.25, 0.3) is 0 Å². The summed E-state index contributed by atoms with van der Waals surface area (Å²) in [5.41, 5.74) is 1.54. The van der Waals surface area contributed by atoms with Gasteiger partial charge in [-0.15, -0.1) is 0 Å². The van der Waals surface area contributed by atoms with E-state index in [1.807, 2.05) is 6.92 Å². The molecule has 0 radical (unpaired) electrons. The van der Waals surface area contributed by atoms with E-state index >= 15 is 0 Å². The van der Waals surface area contributed by atoms with Crippen molar-refractivity contribution in [1.29, 1.82) is 0 Å². The molecule has 0 aliphatic rings. The summed E-state index contributed by atoms with van der Waals surface area (Å²) in [4.78, 5) is 23.2. The highest BCUT2D eigenvalue weighted by molar-refractivity contribution is 9.10. The van der Waals surface area contributed by atoms with Crippen LogP contribution in [-0.4, -0.2) is 35.9 Å². The highest BCUT2D eigenvalue weighted by Gasteiger charge is 2.31. The lowest BCUT2D eigenvalue weighted by Crippen LogP contribution is -2.29. The van der Waals surface area contributed by atoms with Crippen molar-refractivity contribution in [3.8, 4) is 0 Å². The Morgan fingerprint density at radius 1 is 1.33 bits per heavy atom. The Labute approximate surface area is 113 Å². The molecule has 1 heterocycles. The average molecular weight is 319 g/mol. The molecule has 0 spiro atoms. The zero-order chi connectivity index (χ0) is 13.9. The van der Waals surface area contributed by atoms with E-state index in [9.17, 15) is 9.59 Å². The van der Waals surface area contributed by atoms with Crippen LogP contribution < -0.4 is 0 Å². The Hall–Kier alpha value is -1.37. The van der Waals surface area contributed by atoms with Gasteiger partial charge in [-0.05, 0) is 22.9 Å². The average Bonchev–Trinajstić information content (AvgIpc) is 2.59. The van der Waals surface area contributed by atoms with Crippen LogP contribution >= 0.6 is 15.9 Å². The molecule has 0 atom stereocenters. The number of esters is 2. The minimum Gasteiger partial charge on any atom is -0.468 e. The second-order valence-corrected chi connectivity index (χ2v) is 4.57. The largest absolute Gasteiger partial charge is 0.468 e. The van der Waals surface area contributed by atoms with Crippen molar-refractivity contribution in [1.82, 2.24) is 9.78 Å². The maximum absolute atomic E-state index is 11.6. The summed E-state index contributed by atoms with van der Waals surface area (Å²) in [7, 11) is 4.22. The molecule has 0 fully saturated rings. The Balaban J connectivity index is 3.03. The van der Waals surface area contributed by atoms with Gasteiger partial charge in [-0.1, -0.05) is 0 Å². The first-order valence-electron chi connectivity index (χ1n) is 5.26. The number of hydrogen-bond donors (Lipinski definition) is 0. The van der Waals surface area contributed by atoms with Gasteiger partial charge in [0.05, 0.1) is 30.1 Å². The summed E-state index contributed by atoms with van der Waals surface area (Å²) < 4.78 is 11.6. The first-order chi connectivity index (χ1) is 8.42. The first-order valence-corrected chi connectivity index (χ1v) is 6.05. The van der Waals surface area contributed by atoms with Crippen molar-refractivity contribution >= 4 is 27.9 Å². The third-order valence-corrected chi connectivity index (χ3v) is 3.66. The van der Waals surface area contributed by atoms with Gasteiger partial charge in [-0.2, -0.15) is 5.10 Å². The molecular weight excluding hydrogens is 304 g/mol. The number of halogens is 1. The van der Waals surface area contributed by atoms with E-state index in [4.69, 9.17) is 0 Å². The number of carbonyl (C=O) groups excluding carboxylic acids is 2. The van der Waals surface area contributed by atoms with Gasteiger partial charge in [0, 0.05) is 13.5 Å². The second kappa shape index (κ2) is 5.99. The van der Waals surface area contributed by atoms with Crippen LogP contribution in [0.3, 0.4) is 0 Å². The number of methoxy groups -OCH3 is 2. The smallest absolute Gasteiger partial charge is 0.320 e. The third-order valence-electron chi connectivity index (χ3n) is 2.63. The standard InChI is InChI=1S/C11H15BrN2O4/c1-6-9(12)8(14(2)13-6)5-7(10(15)17-3)11(16)18-4/h7H,5H2,1-4H3. The molecule has 1 aromatic rings. The summed E-state index contributed by atoms with van der Waals surface area (Å²) in [6.07, 6.45) is 0.178.